The zero-order chi connectivity index (χ0) is 11.1. The SMILES string of the molecule is CCOCCNC1CCN(CC)CC1C. The topological polar surface area (TPSA) is 24.5 Å². The van der Waals surface area contributed by atoms with Crippen molar-refractivity contribution in [2.75, 3.05) is 39.4 Å². The third kappa shape index (κ3) is 4.49. The molecule has 1 fully saturated rings. The van der Waals surface area contributed by atoms with Gasteiger partial charge in [-0.3, -0.25) is 0 Å². The fourth-order valence-corrected chi connectivity index (χ4v) is 2.28. The van der Waals surface area contributed by atoms with Crippen LogP contribution in [0.5, 0.6) is 0 Å². The summed E-state index contributed by atoms with van der Waals surface area (Å²) in [6.07, 6.45) is 1.28. The summed E-state index contributed by atoms with van der Waals surface area (Å²) in [5.74, 6) is 0.764. The van der Waals surface area contributed by atoms with E-state index in [1.165, 1.54) is 26.1 Å². The molecule has 0 saturated carbocycles. The van der Waals surface area contributed by atoms with Gasteiger partial charge in [-0.2, -0.15) is 0 Å². The number of nitrogens with one attached hydrogen (secondary N) is 1. The molecule has 1 saturated heterocycles. The van der Waals surface area contributed by atoms with Crippen molar-refractivity contribution in [3.05, 3.63) is 0 Å². The summed E-state index contributed by atoms with van der Waals surface area (Å²) in [6, 6.07) is 0.688. The van der Waals surface area contributed by atoms with Gasteiger partial charge >= 0.3 is 0 Å². The van der Waals surface area contributed by atoms with Gasteiger partial charge in [-0.25, -0.2) is 0 Å². The van der Waals surface area contributed by atoms with Gasteiger partial charge in [0.25, 0.3) is 0 Å². The van der Waals surface area contributed by atoms with Gasteiger partial charge in [-0.15, -0.1) is 0 Å². The Hall–Kier alpha value is -0.120. The summed E-state index contributed by atoms with van der Waals surface area (Å²) in [4.78, 5) is 2.53. The summed E-state index contributed by atoms with van der Waals surface area (Å²) < 4.78 is 5.33. The smallest absolute Gasteiger partial charge is 0.0590 e. The van der Waals surface area contributed by atoms with E-state index in [0.717, 1.165) is 25.7 Å². The van der Waals surface area contributed by atoms with Gasteiger partial charge in [0.05, 0.1) is 6.61 Å². The number of hydrogen-bond acceptors (Lipinski definition) is 3. The third-order valence-electron chi connectivity index (χ3n) is 3.29. The molecule has 0 spiro atoms. The Balaban J connectivity index is 2.14. The zero-order valence-electron chi connectivity index (χ0n) is 10.5. The van der Waals surface area contributed by atoms with Crippen molar-refractivity contribution >= 4 is 0 Å². The highest BCUT2D eigenvalue weighted by Crippen LogP contribution is 2.15. The molecular weight excluding hydrogens is 188 g/mol. The molecule has 0 bridgehead atoms. The van der Waals surface area contributed by atoms with E-state index in [2.05, 4.69) is 24.1 Å². The van der Waals surface area contributed by atoms with Crippen LogP contribution in [0.1, 0.15) is 27.2 Å². The first-order valence-electron chi connectivity index (χ1n) is 6.31. The molecule has 0 aromatic rings. The fraction of sp³-hybridized carbons (Fsp3) is 1.00. The molecule has 90 valence electrons. The number of piperidine rings is 1. The second kappa shape index (κ2) is 7.20. The molecule has 0 amide bonds. The van der Waals surface area contributed by atoms with E-state index in [1.807, 2.05) is 6.92 Å². The first-order chi connectivity index (χ1) is 7.27. The molecule has 1 aliphatic rings. The molecule has 3 nitrogen and oxygen atoms in total. The summed E-state index contributed by atoms with van der Waals surface area (Å²) in [5.41, 5.74) is 0. The van der Waals surface area contributed by atoms with Gasteiger partial charge in [0.2, 0.25) is 0 Å². The van der Waals surface area contributed by atoms with Crippen molar-refractivity contribution in [1.82, 2.24) is 10.2 Å². The van der Waals surface area contributed by atoms with E-state index < -0.39 is 0 Å². The predicted molar refractivity (Wildman–Crippen MR) is 64.2 cm³/mol. The van der Waals surface area contributed by atoms with Crippen molar-refractivity contribution in [2.24, 2.45) is 5.92 Å². The lowest BCUT2D eigenvalue weighted by Crippen LogP contribution is -2.48. The van der Waals surface area contributed by atoms with Crippen LogP contribution in [-0.4, -0.2) is 50.3 Å². The summed E-state index contributed by atoms with van der Waals surface area (Å²) in [7, 11) is 0. The minimum absolute atomic E-state index is 0.688. The van der Waals surface area contributed by atoms with Crippen molar-refractivity contribution in [3.63, 3.8) is 0 Å². The number of likely N-dealkylation sites (tertiary alicyclic amines) is 1. The molecule has 0 aliphatic carbocycles. The Morgan fingerprint density at radius 2 is 2.20 bits per heavy atom. The van der Waals surface area contributed by atoms with Gasteiger partial charge in [0.15, 0.2) is 0 Å². The molecule has 1 N–H and O–H groups in total. The molecule has 0 aromatic carbocycles. The Kier molecular flexibility index (Phi) is 6.22. The van der Waals surface area contributed by atoms with Crippen LogP contribution in [0.25, 0.3) is 0 Å². The molecule has 1 aliphatic heterocycles. The monoisotopic (exact) mass is 214 g/mol. The van der Waals surface area contributed by atoms with Crippen LogP contribution in [0.15, 0.2) is 0 Å². The Labute approximate surface area is 94.2 Å². The first-order valence-corrected chi connectivity index (χ1v) is 6.31. The number of hydrogen-bond donors (Lipinski definition) is 1. The third-order valence-corrected chi connectivity index (χ3v) is 3.29. The van der Waals surface area contributed by atoms with Gasteiger partial charge in [-0.05, 0) is 32.4 Å². The van der Waals surface area contributed by atoms with E-state index in [9.17, 15) is 0 Å². The van der Waals surface area contributed by atoms with E-state index in [1.54, 1.807) is 0 Å². The summed E-state index contributed by atoms with van der Waals surface area (Å²) in [5, 5.41) is 3.60. The van der Waals surface area contributed by atoms with Crippen LogP contribution >= 0.6 is 0 Å². The highest BCUT2D eigenvalue weighted by molar-refractivity contribution is 4.82. The lowest BCUT2D eigenvalue weighted by molar-refractivity contribution is 0.124. The van der Waals surface area contributed by atoms with Crippen molar-refractivity contribution < 1.29 is 4.74 Å². The van der Waals surface area contributed by atoms with Gasteiger partial charge in [0.1, 0.15) is 0 Å². The highest BCUT2D eigenvalue weighted by Gasteiger charge is 2.24. The largest absolute Gasteiger partial charge is 0.380 e. The Morgan fingerprint density at radius 1 is 1.40 bits per heavy atom. The van der Waals surface area contributed by atoms with E-state index in [-0.39, 0.29) is 0 Å². The summed E-state index contributed by atoms with van der Waals surface area (Å²) >= 11 is 0. The van der Waals surface area contributed by atoms with Crippen LogP contribution in [0.3, 0.4) is 0 Å². The maximum Gasteiger partial charge on any atom is 0.0590 e. The maximum atomic E-state index is 5.33. The minimum Gasteiger partial charge on any atom is -0.380 e. The molecule has 1 heterocycles. The molecule has 3 heteroatoms. The van der Waals surface area contributed by atoms with Crippen molar-refractivity contribution in [2.45, 2.75) is 33.2 Å². The Morgan fingerprint density at radius 3 is 2.80 bits per heavy atom. The molecule has 15 heavy (non-hydrogen) atoms. The maximum absolute atomic E-state index is 5.33. The normalized spacial score (nSPS) is 28.2. The standard InChI is InChI=1S/C12H26N2O/c1-4-14-8-6-12(11(3)10-14)13-7-9-15-5-2/h11-13H,4-10H2,1-3H3. The van der Waals surface area contributed by atoms with Gasteiger partial charge < -0.3 is 15.0 Å². The zero-order valence-corrected chi connectivity index (χ0v) is 10.5. The van der Waals surface area contributed by atoms with Crippen LogP contribution in [0.4, 0.5) is 0 Å². The second-order valence-electron chi connectivity index (χ2n) is 4.42. The number of nitrogens with zero attached hydrogens (tertiary/aromatic N) is 1. The van der Waals surface area contributed by atoms with Crippen LogP contribution < -0.4 is 5.32 Å². The predicted octanol–water partition coefficient (Wildman–Crippen LogP) is 1.34. The van der Waals surface area contributed by atoms with Crippen LogP contribution in [0, 0.1) is 5.92 Å². The summed E-state index contributed by atoms with van der Waals surface area (Å²) in [6.45, 7) is 13.0. The average molecular weight is 214 g/mol. The van der Waals surface area contributed by atoms with Crippen molar-refractivity contribution in [3.8, 4) is 0 Å². The minimum atomic E-state index is 0.688. The van der Waals surface area contributed by atoms with Gasteiger partial charge in [-0.1, -0.05) is 13.8 Å². The second-order valence-corrected chi connectivity index (χ2v) is 4.42. The van der Waals surface area contributed by atoms with E-state index in [4.69, 9.17) is 4.74 Å². The quantitative estimate of drug-likeness (QED) is 0.675. The van der Waals surface area contributed by atoms with Crippen LogP contribution in [0.2, 0.25) is 0 Å². The molecular formula is C12H26N2O. The van der Waals surface area contributed by atoms with E-state index in [0.29, 0.717) is 6.04 Å². The molecule has 2 atom stereocenters. The average Bonchev–Trinajstić information content (AvgIpc) is 2.26. The Bertz CT molecular complexity index is 164. The van der Waals surface area contributed by atoms with Crippen LogP contribution in [-0.2, 0) is 4.74 Å². The van der Waals surface area contributed by atoms with Crippen molar-refractivity contribution in [1.29, 1.82) is 0 Å². The highest BCUT2D eigenvalue weighted by atomic mass is 16.5. The fourth-order valence-electron chi connectivity index (χ4n) is 2.28. The van der Waals surface area contributed by atoms with E-state index >= 15 is 0 Å². The first kappa shape index (κ1) is 12.9. The molecule has 1 rings (SSSR count). The molecule has 0 radical (unpaired) electrons. The number of rotatable bonds is 6. The molecule has 0 aromatic heterocycles. The lowest BCUT2D eigenvalue weighted by atomic mass is 9.94. The molecule has 2 unspecified atom stereocenters. The number of ether oxygens (including phenoxy) is 1. The van der Waals surface area contributed by atoms with Gasteiger partial charge in [0, 0.05) is 25.7 Å². The lowest BCUT2D eigenvalue weighted by Gasteiger charge is -2.36.